The van der Waals surface area contributed by atoms with Gasteiger partial charge in [-0.2, -0.15) is 0 Å². The second-order valence-corrected chi connectivity index (χ2v) is 12.2. The van der Waals surface area contributed by atoms with Crippen molar-refractivity contribution in [3.8, 4) is 0 Å². The smallest absolute Gasteiger partial charge is 0.313 e. The van der Waals surface area contributed by atoms with Crippen LogP contribution in [-0.4, -0.2) is 88.2 Å². The summed E-state index contributed by atoms with van der Waals surface area (Å²) in [6.45, 7) is 1.93. The molecular weight excluding hydrogens is 574 g/mol. The van der Waals surface area contributed by atoms with E-state index in [1.165, 1.54) is 4.90 Å². The van der Waals surface area contributed by atoms with Gasteiger partial charge in [-0.15, -0.1) is 0 Å². The highest BCUT2D eigenvalue weighted by Crippen LogP contribution is 2.56. The summed E-state index contributed by atoms with van der Waals surface area (Å²) >= 11 is 0. The molecule has 0 aromatic heterocycles. The van der Waals surface area contributed by atoms with Crippen LogP contribution >= 0.6 is 0 Å². The van der Waals surface area contributed by atoms with E-state index in [0.29, 0.717) is 12.8 Å². The minimum absolute atomic E-state index is 0.133. The SMILES string of the molecule is C[C@H]1CNC(=O)CC/C=C\CN(Cc2ccccc2)C(=O)[C@H]2N([C@@H](CO)Cc3ccccc3)C(=O)[C@@H]3[C@@H](C(=O)O1)[C@H]1C=C[C@]32O1. The molecule has 4 aliphatic rings. The van der Waals surface area contributed by atoms with Gasteiger partial charge in [-0.1, -0.05) is 85.0 Å². The number of aliphatic hydroxyl groups excluding tert-OH is 1. The lowest BCUT2D eigenvalue weighted by Gasteiger charge is -2.39. The number of ether oxygens (including phenoxy) is 2. The lowest BCUT2D eigenvalue weighted by atomic mass is 9.74. The van der Waals surface area contributed by atoms with Crippen LogP contribution in [0, 0.1) is 11.8 Å². The lowest BCUT2D eigenvalue weighted by molar-refractivity contribution is -0.159. The first-order valence-electron chi connectivity index (χ1n) is 15.6. The molecule has 10 nitrogen and oxygen atoms in total. The van der Waals surface area contributed by atoms with Crippen molar-refractivity contribution in [1.82, 2.24) is 15.1 Å². The number of nitrogens with one attached hydrogen (secondary N) is 1. The first kappa shape index (κ1) is 30.7. The van der Waals surface area contributed by atoms with Crippen molar-refractivity contribution in [2.24, 2.45) is 11.8 Å². The van der Waals surface area contributed by atoms with Crippen LogP contribution in [0.3, 0.4) is 0 Å². The van der Waals surface area contributed by atoms with Crippen molar-refractivity contribution in [2.45, 2.75) is 62.6 Å². The molecule has 4 heterocycles. The lowest BCUT2D eigenvalue weighted by Crippen LogP contribution is -2.58. The quantitative estimate of drug-likeness (QED) is 0.378. The third-order valence-corrected chi connectivity index (χ3v) is 9.20. The Bertz CT molecular complexity index is 1480. The van der Waals surface area contributed by atoms with E-state index in [1.807, 2.05) is 72.8 Å². The maximum absolute atomic E-state index is 14.9. The third-order valence-electron chi connectivity index (χ3n) is 9.20. The van der Waals surface area contributed by atoms with Gasteiger partial charge in [-0.05, 0) is 30.9 Å². The molecular formula is C35H39N3O7. The maximum Gasteiger partial charge on any atom is 0.313 e. The molecule has 2 aromatic rings. The molecule has 5 bridgehead atoms. The third kappa shape index (κ3) is 5.92. The number of aliphatic hydroxyl groups is 1. The van der Waals surface area contributed by atoms with Crippen LogP contribution in [0.25, 0.3) is 0 Å². The highest BCUT2D eigenvalue weighted by atomic mass is 16.6. The molecule has 3 amide bonds. The molecule has 236 valence electrons. The van der Waals surface area contributed by atoms with Crippen LogP contribution in [-0.2, 0) is 41.6 Å². The molecule has 2 fully saturated rings. The van der Waals surface area contributed by atoms with Crippen LogP contribution in [0.15, 0.2) is 85.0 Å². The van der Waals surface area contributed by atoms with E-state index in [2.05, 4.69) is 5.32 Å². The first-order chi connectivity index (χ1) is 21.8. The first-order valence-corrected chi connectivity index (χ1v) is 15.6. The van der Waals surface area contributed by atoms with Gasteiger partial charge in [0.15, 0.2) is 0 Å². The number of cyclic esters (lactones) is 1. The van der Waals surface area contributed by atoms with Gasteiger partial charge in [0.05, 0.1) is 31.2 Å². The number of hydrogen-bond acceptors (Lipinski definition) is 7. The van der Waals surface area contributed by atoms with Crippen molar-refractivity contribution in [3.63, 3.8) is 0 Å². The summed E-state index contributed by atoms with van der Waals surface area (Å²) in [5.74, 6) is -3.54. The molecule has 6 rings (SSSR count). The van der Waals surface area contributed by atoms with E-state index in [4.69, 9.17) is 9.47 Å². The molecule has 0 aliphatic carbocycles. The predicted molar refractivity (Wildman–Crippen MR) is 164 cm³/mol. The normalized spacial score (nSPS) is 31.5. The topological polar surface area (TPSA) is 125 Å². The largest absolute Gasteiger partial charge is 0.460 e. The fraction of sp³-hybridized carbons (Fsp3) is 0.429. The van der Waals surface area contributed by atoms with Crippen LogP contribution < -0.4 is 5.32 Å². The Balaban J connectivity index is 1.43. The number of carbonyl (C=O) groups excluding carboxylic acids is 4. The molecule has 4 aliphatic heterocycles. The van der Waals surface area contributed by atoms with Crippen molar-refractivity contribution >= 4 is 23.7 Å². The Morgan fingerprint density at radius 1 is 0.978 bits per heavy atom. The number of allylic oxidation sites excluding steroid dienone is 1. The highest BCUT2D eigenvalue weighted by molar-refractivity contribution is 5.99. The second kappa shape index (κ2) is 13.0. The predicted octanol–water partition coefficient (Wildman–Crippen LogP) is 2.17. The van der Waals surface area contributed by atoms with Crippen molar-refractivity contribution in [2.75, 3.05) is 19.7 Å². The number of carbonyl (C=O) groups is 4. The summed E-state index contributed by atoms with van der Waals surface area (Å²) < 4.78 is 12.3. The highest BCUT2D eigenvalue weighted by Gasteiger charge is 2.74. The van der Waals surface area contributed by atoms with Gasteiger partial charge in [0.2, 0.25) is 17.7 Å². The van der Waals surface area contributed by atoms with Crippen molar-refractivity contribution in [3.05, 3.63) is 96.1 Å². The number of esters is 1. The second-order valence-electron chi connectivity index (χ2n) is 12.2. The van der Waals surface area contributed by atoms with Crippen LogP contribution in [0.2, 0.25) is 0 Å². The minimum atomic E-state index is -1.41. The minimum Gasteiger partial charge on any atom is -0.460 e. The zero-order valence-corrected chi connectivity index (χ0v) is 25.3. The standard InChI is InChI=1S/C35H39N3O7/c1-23-20-36-28(40)15-9-4-10-18-37(21-25-13-7-3-8-14-25)33(42)31-35-17-16-27(45-35)29(34(43)44-23)30(35)32(41)38(31)26(22-39)19-24-11-5-2-6-12-24/h2-8,10-14,16-17,23,26-27,29-31,39H,9,15,18-22H2,1H3,(H,36,40)/b10-4-/t23-,26+,27+,29-,30-,31+,35-/m0/s1. The molecule has 0 radical (unpaired) electrons. The Morgan fingerprint density at radius 3 is 2.40 bits per heavy atom. The molecule has 2 saturated heterocycles. The van der Waals surface area contributed by atoms with Gasteiger partial charge < -0.3 is 29.7 Å². The van der Waals surface area contributed by atoms with Crippen LogP contribution in [0.4, 0.5) is 0 Å². The summed E-state index contributed by atoms with van der Waals surface area (Å²) in [4.78, 5) is 58.6. The number of rotatable bonds is 6. The van der Waals surface area contributed by atoms with Crippen molar-refractivity contribution < 1.29 is 33.8 Å². The van der Waals surface area contributed by atoms with Crippen LogP contribution in [0.1, 0.15) is 30.9 Å². The Labute approximate surface area is 262 Å². The molecule has 2 aromatic carbocycles. The van der Waals surface area contributed by atoms with E-state index < -0.39 is 53.6 Å². The van der Waals surface area contributed by atoms with Gasteiger partial charge in [-0.25, -0.2) is 0 Å². The Kier molecular flexibility index (Phi) is 8.87. The van der Waals surface area contributed by atoms with Gasteiger partial charge in [0, 0.05) is 19.5 Å². The Hall–Kier alpha value is -4.28. The number of likely N-dealkylation sites (tertiary alicyclic amines) is 1. The molecule has 7 atom stereocenters. The average Bonchev–Trinajstić information content (AvgIpc) is 3.69. The van der Waals surface area contributed by atoms with E-state index in [1.54, 1.807) is 24.0 Å². The van der Waals surface area contributed by atoms with E-state index >= 15 is 0 Å². The fourth-order valence-electron chi connectivity index (χ4n) is 7.09. The summed E-state index contributed by atoms with van der Waals surface area (Å²) in [5.41, 5.74) is 0.396. The summed E-state index contributed by atoms with van der Waals surface area (Å²) in [6.07, 6.45) is 6.88. The fourth-order valence-corrected chi connectivity index (χ4v) is 7.09. The van der Waals surface area contributed by atoms with E-state index in [-0.39, 0.29) is 44.5 Å². The van der Waals surface area contributed by atoms with E-state index in [9.17, 15) is 24.3 Å². The number of nitrogens with zero attached hydrogens (tertiary/aromatic N) is 2. The summed E-state index contributed by atoms with van der Waals surface area (Å²) in [6, 6.07) is 17.2. The number of fused-ring (bicyclic) bond motifs is 2. The zero-order chi connectivity index (χ0) is 31.6. The Morgan fingerprint density at radius 2 is 1.69 bits per heavy atom. The molecule has 0 saturated carbocycles. The molecule has 10 heteroatoms. The molecule has 1 spiro atoms. The molecule has 2 N–H and O–H groups in total. The van der Waals surface area contributed by atoms with Gasteiger partial charge >= 0.3 is 5.97 Å². The van der Waals surface area contributed by atoms with Crippen LogP contribution in [0.5, 0.6) is 0 Å². The van der Waals surface area contributed by atoms with Crippen molar-refractivity contribution in [1.29, 1.82) is 0 Å². The van der Waals surface area contributed by atoms with Gasteiger partial charge in [-0.3, -0.25) is 19.2 Å². The average molecular weight is 614 g/mol. The molecule has 0 unspecified atom stereocenters. The van der Waals surface area contributed by atoms with Gasteiger partial charge in [0.25, 0.3) is 0 Å². The van der Waals surface area contributed by atoms with E-state index in [0.717, 1.165) is 11.1 Å². The number of benzene rings is 2. The summed E-state index contributed by atoms with van der Waals surface area (Å²) in [7, 11) is 0. The zero-order valence-electron chi connectivity index (χ0n) is 25.3. The molecule has 45 heavy (non-hydrogen) atoms. The van der Waals surface area contributed by atoms with Gasteiger partial charge in [0.1, 0.15) is 23.7 Å². The number of hydrogen-bond donors (Lipinski definition) is 2. The number of amides is 3. The summed E-state index contributed by atoms with van der Waals surface area (Å²) in [5, 5.41) is 13.5. The maximum atomic E-state index is 14.9. The monoisotopic (exact) mass is 613 g/mol.